The number of carbonyl (C=O) groups is 1. The van der Waals surface area contributed by atoms with Gasteiger partial charge in [0.05, 0.1) is 5.25 Å². The first kappa shape index (κ1) is 15.7. The minimum absolute atomic E-state index is 0.153. The number of anilines is 1. The first-order chi connectivity index (χ1) is 11.1. The molecule has 6 nitrogen and oxygen atoms in total. The van der Waals surface area contributed by atoms with Gasteiger partial charge in [0, 0.05) is 17.1 Å². The molecule has 0 unspecified atom stereocenters. The summed E-state index contributed by atoms with van der Waals surface area (Å²) in [5.41, 5.74) is 2.02. The molecule has 0 fully saturated rings. The first-order valence-electron chi connectivity index (χ1n) is 6.89. The molecule has 118 valence electrons. The Morgan fingerprint density at radius 3 is 2.78 bits per heavy atom. The van der Waals surface area contributed by atoms with Gasteiger partial charge in [-0.1, -0.05) is 29.5 Å². The van der Waals surface area contributed by atoms with Crippen molar-refractivity contribution < 1.29 is 9.21 Å². The second-order valence-corrected chi connectivity index (χ2v) is 7.01. The Morgan fingerprint density at radius 1 is 1.30 bits per heavy atom. The molecule has 3 aromatic rings. The summed E-state index contributed by atoms with van der Waals surface area (Å²) in [5.74, 6) is 0.292. The molecule has 0 saturated heterocycles. The topological polar surface area (TPSA) is 80.9 Å². The molecule has 1 atom stereocenters. The summed E-state index contributed by atoms with van der Waals surface area (Å²) < 4.78 is 5.61. The molecule has 2 aromatic heterocycles. The summed E-state index contributed by atoms with van der Waals surface area (Å²) in [7, 11) is 0. The second kappa shape index (κ2) is 6.93. The van der Waals surface area contributed by atoms with E-state index in [0.29, 0.717) is 16.2 Å². The van der Waals surface area contributed by atoms with Crippen LogP contribution >= 0.6 is 23.1 Å². The molecule has 0 aliphatic carbocycles. The van der Waals surface area contributed by atoms with Gasteiger partial charge in [0.25, 0.3) is 5.22 Å². The number of thioether (sulfide) groups is 1. The van der Waals surface area contributed by atoms with Crippen molar-refractivity contribution >= 4 is 34.1 Å². The van der Waals surface area contributed by atoms with Crippen LogP contribution in [-0.2, 0) is 4.79 Å². The van der Waals surface area contributed by atoms with E-state index in [0.717, 1.165) is 11.1 Å². The van der Waals surface area contributed by atoms with E-state index in [2.05, 4.69) is 20.5 Å². The van der Waals surface area contributed by atoms with Crippen molar-refractivity contribution in [1.29, 1.82) is 0 Å². The number of carbonyl (C=O) groups excluding carboxylic acids is 1. The monoisotopic (exact) mass is 346 g/mol. The number of aromatic nitrogens is 3. The molecule has 23 heavy (non-hydrogen) atoms. The van der Waals surface area contributed by atoms with Crippen LogP contribution in [0, 0.1) is 6.92 Å². The molecule has 0 bridgehead atoms. The number of nitrogens with one attached hydrogen (secondary N) is 1. The molecule has 8 heteroatoms. The summed E-state index contributed by atoms with van der Waals surface area (Å²) in [6, 6.07) is 7.82. The maximum Gasteiger partial charge on any atom is 0.277 e. The molecule has 2 heterocycles. The van der Waals surface area contributed by atoms with E-state index in [-0.39, 0.29) is 11.2 Å². The molecule has 0 aliphatic heterocycles. The zero-order chi connectivity index (χ0) is 16.2. The second-order valence-electron chi connectivity index (χ2n) is 4.83. The fourth-order valence-corrected chi connectivity index (χ4v) is 2.98. The van der Waals surface area contributed by atoms with Crippen molar-refractivity contribution in [2.45, 2.75) is 24.3 Å². The third-order valence-corrected chi connectivity index (χ3v) is 4.64. The van der Waals surface area contributed by atoms with Gasteiger partial charge < -0.3 is 9.73 Å². The van der Waals surface area contributed by atoms with Crippen LogP contribution < -0.4 is 5.32 Å². The fourth-order valence-electron chi connectivity index (χ4n) is 1.77. The number of rotatable bonds is 5. The number of hydrogen-bond acceptors (Lipinski definition) is 7. The zero-order valence-corrected chi connectivity index (χ0v) is 14.1. The number of amides is 1. The van der Waals surface area contributed by atoms with E-state index >= 15 is 0 Å². The normalized spacial score (nSPS) is 12.1. The maximum absolute atomic E-state index is 12.1. The minimum Gasteiger partial charge on any atom is -0.411 e. The van der Waals surface area contributed by atoms with E-state index in [1.54, 1.807) is 18.5 Å². The van der Waals surface area contributed by atoms with Crippen molar-refractivity contribution in [3.05, 3.63) is 41.4 Å². The molecule has 3 rings (SSSR count). The summed E-state index contributed by atoms with van der Waals surface area (Å²) in [5, 5.41) is 13.1. The van der Waals surface area contributed by atoms with Crippen molar-refractivity contribution in [3.8, 4) is 11.5 Å². The average Bonchev–Trinajstić information content (AvgIpc) is 3.20. The molecule has 0 spiro atoms. The molecule has 0 saturated carbocycles. The lowest BCUT2D eigenvalue weighted by Gasteiger charge is -2.07. The quantitative estimate of drug-likeness (QED) is 0.711. The Hall–Kier alpha value is -2.19. The lowest BCUT2D eigenvalue weighted by molar-refractivity contribution is -0.115. The number of nitrogens with zero attached hydrogens (tertiary/aromatic N) is 3. The number of benzene rings is 1. The highest BCUT2D eigenvalue weighted by Gasteiger charge is 2.19. The molecule has 0 aliphatic rings. The Bertz CT molecular complexity index is 784. The van der Waals surface area contributed by atoms with E-state index < -0.39 is 0 Å². The zero-order valence-electron chi connectivity index (χ0n) is 12.5. The lowest BCUT2D eigenvalue weighted by atomic mass is 10.1. The summed E-state index contributed by atoms with van der Waals surface area (Å²) in [6.07, 6.45) is 1.64. The fraction of sp³-hybridized carbons (Fsp3) is 0.200. The molecular weight excluding hydrogens is 332 g/mol. The van der Waals surface area contributed by atoms with Gasteiger partial charge in [0.1, 0.15) is 0 Å². The third-order valence-electron chi connectivity index (χ3n) is 3.01. The number of thiazole rings is 1. The van der Waals surface area contributed by atoms with Crippen LogP contribution in [0.3, 0.4) is 0 Å². The van der Waals surface area contributed by atoms with Crippen LogP contribution in [0.15, 0.2) is 45.5 Å². The smallest absolute Gasteiger partial charge is 0.277 e. The number of hydrogen-bond donors (Lipinski definition) is 1. The first-order valence-corrected chi connectivity index (χ1v) is 8.65. The van der Waals surface area contributed by atoms with Crippen LogP contribution in [0.2, 0.25) is 0 Å². The predicted molar refractivity (Wildman–Crippen MR) is 90.5 cm³/mol. The van der Waals surface area contributed by atoms with Gasteiger partial charge in [-0.15, -0.1) is 21.5 Å². The standard InChI is InChI=1S/C15H14N4O2S2/c1-9-3-5-11(6-4-9)13-18-19-15(21-13)23-10(2)12(20)17-14-16-7-8-22-14/h3-8,10H,1-2H3,(H,16,17,20)/t10-/m1/s1. The van der Waals surface area contributed by atoms with Crippen molar-refractivity contribution in [2.75, 3.05) is 5.32 Å². The summed E-state index contributed by atoms with van der Waals surface area (Å²) in [6.45, 7) is 3.80. The van der Waals surface area contributed by atoms with E-state index in [1.807, 2.05) is 31.2 Å². The SMILES string of the molecule is Cc1ccc(-c2nnc(S[C@H](C)C(=O)Nc3nccs3)o2)cc1. The molecular formula is C15H14N4O2S2. The predicted octanol–water partition coefficient (Wildman–Crippen LogP) is 3.62. The van der Waals surface area contributed by atoms with Gasteiger partial charge in [-0.3, -0.25) is 4.79 Å². The van der Waals surface area contributed by atoms with Crippen molar-refractivity contribution in [2.24, 2.45) is 0 Å². The minimum atomic E-state index is -0.370. The van der Waals surface area contributed by atoms with E-state index in [4.69, 9.17) is 4.42 Å². The van der Waals surface area contributed by atoms with Crippen LogP contribution in [0.4, 0.5) is 5.13 Å². The molecule has 0 radical (unpaired) electrons. The Kier molecular flexibility index (Phi) is 4.73. The van der Waals surface area contributed by atoms with Gasteiger partial charge in [0.2, 0.25) is 11.8 Å². The highest BCUT2D eigenvalue weighted by atomic mass is 32.2. The van der Waals surface area contributed by atoms with Gasteiger partial charge in [-0.05, 0) is 26.0 Å². The average molecular weight is 346 g/mol. The van der Waals surface area contributed by atoms with E-state index in [9.17, 15) is 4.79 Å². The Balaban J connectivity index is 1.64. The molecule has 1 N–H and O–H groups in total. The van der Waals surface area contributed by atoms with Crippen LogP contribution in [-0.4, -0.2) is 26.3 Å². The van der Waals surface area contributed by atoms with Crippen LogP contribution in [0.5, 0.6) is 0 Å². The van der Waals surface area contributed by atoms with Crippen LogP contribution in [0.1, 0.15) is 12.5 Å². The van der Waals surface area contributed by atoms with Crippen molar-refractivity contribution in [1.82, 2.24) is 15.2 Å². The van der Waals surface area contributed by atoms with Gasteiger partial charge in [-0.25, -0.2) is 4.98 Å². The lowest BCUT2D eigenvalue weighted by Crippen LogP contribution is -2.22. The van der Waals surface area contributed by atoms with Gasteiger partial charge in [-0.2, -0.15) is 0 Å². The highest BCUT2D eigenvalue weighted by molar-refractivity contribution is 8.00. The van der Waals surface area contributed by atoms with Crippen molar-refractivity contribution in [3.63, 3.8) is 0 Å². The highest BCUT2D eigenvalue weighted by Crippen LogP contribution is 2.27. The molecule has 1 aromatic carbocycles. The number of aryl methyl sites for hydroxylation is 1. The van der Waals surface area contributed by atoms with E-state index in [1.165, 1.54) is 23.1 Å². The van der Waals surface area contributed by atoms with Gasteiger partial charge >= 0.3 is 0 Å². The molecule has 1 amide bonds. The van der Waals surface area contributed by atoms with Gasteiger partial charge in [0.15, 0.2) is 5.13 Å². The Morgan fingerprint density at radius 2 is 2.09 bits per heavy atom. The maximum atomic E-state index is 12.1. The largest absolute Gasteiger partial charge is 0.411 e. The summed E-state index contributed by atoms with van der Waals surface area (Å²) >= 11 is 2.59. The summed E-state index contributed by atoms with van der Waals surface area (Å²) in [4.78, 5) is 16.1. The third kappa shape index (κ3) is 3.96. The Labute approximate surface area is 141 Å². The van der Waals surface area contributed by atoms with Crippen LogP contribution in [0.25, 0.3) is 11.5 Å².